The zero-order valence-electron chi connectivity index (χ0n) is 13.5. The summed E-state index contributed by atoms with van der Waals surface area (Å²) in [6.45, 7) is 2.05. The van der Waals surface area contributed by atoms with Crippen LogP contribution < -0.4 is 5.32 Å². The monoisotopic (exact) mass is 345 g/mol. The van der Waals surface area contributed by atoms with Crippen molar-refractivity contribution in [1.82, 2.24) is 0 Å². The number of ether oxygens (including phenoxy) is 1. The minimum atomic E-state index is -3.97. The molecular weight excluding hydrogens is 326 g/mol. The van der Waals surface area contributed by atoms with E-state index >= 15 is 0 Å². The van der Waals surface area contributed by atoms with Crippen molar-refractivity contribution in [2.75, 3.05) is 12.4 Å². The number of methoxy groups -OCH3 is 1. The largest absolute Gasteiger partial charge is 0.465 e. The van der Waals surface area contributed by atoms with Gasteiger partial charge in [-0.15, -0.1) is 0 Å². The molecule has 24 heavy (non-hydrogen) atoms. The van der Waals surface area contributed by atoms with E-state index in [1.54, 1.807) is 18.2 Å². The van der Waals surface area contributed by atoms with Crippen LogP contribution in [-0.4, -0.2) is 21.5 Å². The number of aryl methyl sites for hydroxylation is 1. The van der Waals surface area contributed by atoms with E-state index in [1.165, 1.54) is 12.1 Å². The smallest absolute Gasteiger partial charge is 0.351 e. The zero-order chi connectivity index (χ0) is 17.6. The molecule has 0 heterocycles. The van der Waals surface area contributed by atoms with Gasteiger partial charge >= 0.3 is 5.97 Å². The van der Waals surface area contributed by atoms with Gasteiger partial charge in [-0.2, -0.15) is 0 Å². The molecule has 0 amide bonds. The number of nitrogens with one attached hydrogen (secondary N) is 1. The lowest BCUT2D eigenvalue weighted by molar-refractivity contribution is -0.135. The molecule has 0 radical (unpaired) electrons. The van der Waals surface area contributed by atoms with Crippen molar-refractivity contribution < 1.29 is 17.9 Å². The summed E-state index contributed by atoms with van der Waals surface area (Å²) >= 11 is 0. The Morgan fingerprint density at radius 2 is 1.71 bits per heavy atom. The minimum absolute atomic E-state index is 0.0322. The fraction of sp³-hybridized carbons (Fsp3) is 0.167. The SMILES string of the molecule is CCc1ccc(N/C=C(/C(=O)OC)S(=O)(=O)c2ccccc2)cc1. The standard InChI is InChI=1S/C18H19NO4S/c1-3-14-9-11-15(12-10-14)19-13-17(18(20)23-2)24(21,22)16-7-5-4-6-8-16/h4-13,19H,3H2,1-2H3/b17-13-. The molecule has 0 aliphatic heterocycles. The highest BCUT2D eigenvalue weighted by molar-refractivity contribution is 7.96. The van der Waals surface area contributed by atoms with Crippen LogP contribution >= 0.6 is 0 Å². The third-order valence-electron chi connectivity index (χ3n) is 3.46. The average Bonchev–Trinajstić information content (AvgIpc) is 2.62. The van der Waals surface area contributed by atoms with Crippen LogP contribution in [0.15, 0.2) is 70.6 Å². The molecule has 2 aromatic rings. The second-order valence-electron chi connectivity index (χ2n) is 5.01. The Labute approximate surface area is 141 Å². The molecule has 1 N–H and O–H groups in total. The first-order valence-corrected chi connectivity index (χ1v) is 8.91. The molecular formula is C18H19NO4S. The van der Waals surface area contributed by atoms with Crippen LogP contribution in [-0.2, 0) is 25.8 Å². The number of hydrogen-bond donors (Lipinski definition) is 1. The van der Waals surface area contributed by atoms with Crippen LogP contribution in [0.5, 0.6) is 0 Å². The summed E-state index contributed by atoms with van der Waals surface area (Å²) in [5.74, 6) is -0.920. The molecule has 0 aromatic heterocycles. The molecule has 0 aliphatic rings. The lowest BCUT2D eigenvalue weighted by atomic mass is 10.1. The Morgan fingerprint density at radius 3 is 2.25 bits per heavy atom. The third kappa shape index (κ3) is 4.02. The number of rotatable bonds is 6. The van der Waals surface area contributed by atoms with Crippen LogP contribution in [0.1, 0.15) is 12.5 Å². The summed E-state index contributed by atoms with van der Waals surface area (Å²) in [6, 6.07) is 15.3. The maximum atomic E-state index is 12.6. The molecule has 0 aliphatic carbocycles. The maximum Gasteiger partial charge on any atom is 0.351 e. The van der Waals surface area contributed by atoms with Crippen molar-refractivity contribution in [3.8, 4) is 0 Å². The van der Waals surface area contributed by atoms with Crippen molar-refractivity contribution in [3.05, 3.63) is 71.3 Å². The quantitative estimate of drug-likeness (QED) is 0.643. The van der Waals surface area contributed by atoms with Gasteiger partial charge in [-0.05, 0) is 36.2 Å². The van der Waals surface area contributed by atoms with Crippen LogP contribution in [0.2, 0.25) is 0 Å². The summed E-state index contributed by atoms with van der Waals surface area (Å²) in [5, 5.41) is 2.85. The number of benzene rings is 2. The molecule has 0 saturated carbocycles. The fourth-order valence-electron chi connectivity index (χ4n) is 2.06. The van der Waals surface area contributed by atoms with E-state index in [4.69, 9.17) is 0 Å². The van der Waals surface area contributed by atoms with E-state index in [0.29, 0.717) is 5.69 Å². The minimum Gasteiger partial charge on any atom is -0.465 e. The second kappa shape index (κ2) is 7.79. The summed E-state index contributed by atoms with van der Waals surface area (Å²) in [6.07, 6.45) is 2.07. The lowest BCUT2D eigenvalue weighted by Gasteiger charge is -2.09. The van der Waals surface area contributed by atoms with Crippen molar-refractivity contribution in [2.45, 2.75) is 18.2 Å². The molecule has 0 atom stereocenters. The summed E-state index contributed by atoms with van der Waals surface area (Å²) in [4.78, 5) is 11.5. The van der Waals surface area contributed by atoms with Crippen LogP contribution in [0.25, 0.3) is 0 Å². The molecule has 0 bridgehead atoms. The maximum absolute atomic E-state index is 12.6. The van der Waals surface area contributed by atoms with Gasteiger partial charge in [0.05, 0.1) is 12.0 Å². The Morgan fingerprint density at radius 1 is 1.08 bits per heavy atom. The number of sulfone groups is 1. The number of carbonyl (C=O) groups is 1. The third-order valence-corrected chi connectivity index (χ3v) is 5.22. The van der Waals surface area contributed by atoms with Gasteiger partial charge in [0.25, 0.3) is 0 Å². The average molecular weight is 345 g/mol. The molecule has 0 saturated heterocycles. The number of carbonyl (C=O) groups excluding carboxylic acids is 1. The molecule has 2 rings (SSSR count). The van der Waals surface area contributed by atoms with Gasteiger partial charge in [-0.1, -0.05) is 37.3 Å². The van der Waals surface area contributed by atoms with Crippen LogP contribution in [0.3, 0.4) is 0 Å². The Balaban J connectivity index is 2.36. The zero-order valence-corrected chi connectivity index (χ0v) is 14.3. The van der Waals surface area contributed by atoms with Gasteiger partial charge in [0.2, 0.25) is 9.84 Å². The van der Waals surface area contributed by atoms with Crippen LogP contribution in [0, 0.1) is 0 Å². The van der Waals surface area contributed by atoms with Crippen molar-refractivity contribution >= 4 is 21.5 Å². The molecule has 126 valence electrons. The van der Waals surface area contributed by atoms with Gasteiger partial charge in [0, 0.05) is 11.9 Å². The molecule has 5 nitrogen and oxygen atoms in total. The predicted molar refractivity (Wildman–Crippen MR) is 93.2 cm³/mol. The predicted octanol–water partition coefficient (Wildman–Crippen LogP) is 3.15. The Bertz CT molecular complexity index is 825. The van der Waals surface area contributed by atoms with Crippen molar-refractivity contribution in [1.29, 1.82) is 0 Å². The first-order valence-electron chi connectivity index (χ1n) is 7.43. The topological polar surface area (TPSA) is 72.5 Å². The number of hydrogen-bond acceptors (Lipinski definition) is 5. The van der Waals surface area contributed by atoms with E-state index in [9.17, 15) is 13.2 Å². The van der Waals surface area contributed by atoms with Gasteiger partial charge < -0.3 is 10.1 Å². The Kier molecular flexibility index (Phi) is 5.76. The molecule has 0 unspecified atom stereocenters. The van der Waals surface area contributed by atoms with Gasteiger partial charge in [-0.3, -0.25) is 0 Å². The van der Waals surface area contributed by atoms with Gasteiger partial charge in [0.1, 0.15) is 0 Å². The normalized spacial score (nSPS) is 11.8. The van der Waals surface area contributed by atoms with E-state index in [-0.39, 0.29) is 4.90 Å². The van der Waals surface area contributed by atoms with Gasteiger partial charge in [-0.25, -0.2) is 13.2 Å². The first-order chi connectivity index (χ1) is 11.5. The number of anilines is 1. The molecule has 0 spiro atoms. The van der Waals surface area contributed by atoms with E-state index < -0.39 is 20.7 Å². The highest BCUT2D eigenvalue weighted by atomic mass is 32.2. The van der Waals surface area contributed by atoms with E-state index in [1.807, 2.05) is 31.2 Å². The van der Waals surface area contributed by atoms with Crippen molar-refractivity contribution in [3.63, 3.8) is 0 Å². The Hall–Kier alpha value is -2.60. The molecule has 0 fully saturated rings. The highest BCUT2D eigenvalue weighted by Crippen LogP contribution is 2.20. The fourth-order valence-corrected chi connectivity index (χ4v) is 3.35. The first kappa shape index (κ1) is 17.7. The summed E-state index contributed by atoms with van der Waals surface area (Å²) in [7, 11) is -2.83. The molecule has 6 heteroatoms. The lowest BCUT2D eigenvalue weighted by Crippen LogP contribution is -2.16. The van der Waals surface area contributed by atoms with Crippen molar-refractivity contribution in [2.24, 2.45) is 0 Å². The van der Waals surface area contributed by atoms with Gasteiger partial charge in [0.15, 0.2) is 4.91 Å². The van der Waals surface area contributed by atoms with E-state index in [2.05, 4.69) is 10.1 Å². The summed E-state index contributed by atoms with van der Waals surface area (Å²) < 4.78 is 29.9. The molecule has 2 aromatic carbocycles. The van der Waals surface area contributed by atoms with Crippen LogP contribution in [0.4, 0.5) is 5.69 Å². The highest BCUT2D eigenvalue weighted by Gasteiger charge is 2.27. The number of esters is 1. The second-order valence-corrected chi connectivity index (χ2v) is 6.93. The summed E-state index contributed by atoms with van der Waals surface area (Å²) in [5.41, 5.74) is 1.84. The van der Waals surface area contributed by atoms with E-state index in [0.717, 1.165) is 25.3 Å².